The van der Waals surface area contributed by atoms with Gasteiger partial charge in [-0.1, -0.05) is 26.0 Å². The third-order valence-corrected chi connectivity index (χ3v) is 5.32. The van der Waals surface area contributed by atoms with Crippen LogP contribution in [0.3, 0.4) is 0 Å². The Labute approximate surface area is 158 Å². The van der Waals surface area contributed by atoms with Crippen LogP contribution in [0.2, 0.25) is 0 Å². The van der Waals surface area contributed by atoms with Crippen LogP contribution in [0.25, 0.3) is 0 Å². The number of nitrogens with one attached hydrogen (secondary N) is 1. The van der Waals surface area contributed by atoms with Crippen molar-refractivity contribution in [3.05, 3.63) is 59.9 Å². The molecule has 2 aromatic carbocycles. The van der Waals surface area contributed by atoms with E-state index in [0.29, 0.717) is 11.3 Å². The van der Waals surface area contributed by atoms with Gasteiger partial charge in [0.25, 0.3) is 0 Å². The van der Waals surface area contributed by atoms with Crippen molar-refractivity contribution >= 4 is 16.0 Å². The highest BCUT2D eigenvalue weighted by atomic mass is 32.2. The molecule has 0 unspecified atom stereocenters. The highest BCUT2D eigenvalue weighted by molar-refractivity contribution is 7.89. The first-order valence-corrected chi connectivity index (χ1v) is 9.78. The molecular formula is C19H22FNO5S. The molecule has 0 fully saturated rings. The second-order valence-electron chi connectivity index (χ2n) is 6.25. The Hall–Kier alpha value is -2.45. The van der Waals surface area contributed by atoms with Crippen molar-refractivity contribution < 1.29 is 27.1 Å². The van der Waals surface area contributed by atoms with Gasteiger partial charge in [0.05, 0.1) is 12.0 Å². The van der Waals surface area contributed by atoms with E-state index < -0.39 is 27.9 Å². The van der Waals surface area contributed by atoms with Crippen LogP contribution in [-0.2, 0) is 26.2 Å². The van der Waals surface area contributed by atoms with E-state index in [4.69, 9.17) is 9.47 Å². The highest BCUT2D eigenvalue weighted by Crippen LogP contribution is 2.17. The van der Waals surface area contributed by atoms with Crippen LogP contribution in [0.4, 0.5) is 4.39 Å². The Morgan fingerprint density at radius 3 is 2.19 bits per heavy atom. The van der Waals surface area contributed by atoms with Gasteiger partial charge in [0.1, 0.15) is 24.2 Å². The topological polar surface area (TPSA) is 81.7 Å². The quantitative estimate of drug-likeness (QED) is 0.695. The third kappa shape index (κ3) is 5.77. The van der Waals surface area contributed by atoms with Crippen LogP contribution in [0.1, 0.15) is 19.4 Å². The molecule has 6 nitrogen and oxygen atoms in total. The van der Waals surface area contributed by atoms with Crippen molar-refractivity contribution in [2.45, 2.75) is 31.4 Å². The molecule has 0 radical (unpaired) electrons. The number of hydrogen-bond acceptors (Lipinski definition) is 5. The first-order chi connectivity index (χ1) is 12.7. The lowest BCUT2D eigenvalue weighted by Crippen LogP contribution is -2.45. The number of ether oxygens (including phenoxy) is 2. The van der Waals surface area contributed by atoms with Gasteiger partial charge < -0.3 is 9.47 Å². The molecule has 0 aliphatic rings. The van der Waals surface area contributed by atoms with Gasteiger partial charge in [0.15, 0.2) is 0 Å². The summed E-state index contributed by atoms with van der Waals surface area (Å²) in [5.74, 6) is -0.907. The lowest BCUT2D eigenvalue weighted by atomic mass is 10.1. The molecule has 2 aromatic rings. The molecule has 0 heterocycles. The lowest BCUT2D eigenvalue weighted by Gasteiger charge is -2.21. The minimum atomic E-state index is -3.92. The fraction of sp³-hybridized carbons (Fsp3) is 0.316. The van der Waals surface area contributed by atoms with Gasteiger partial charge in [-0.05, 0) is 47.9 Å². The third-order valence-electron chi connectivity index (χ3n) is 3.87. The summed E-state index contributed by atoms with van der Waals surface area (Å²) in [5, 5.41) is 0. The van der Waals surface area contributed by atoms with Crippen molar-refractivity contribution in [1.82, 2.24) is 4.72 Å². The van der Waals surface area contributed by atoms with E-state index in [-0.39, 0.29) is 17.4 Å². The minimum Gasteiger partial charge on any atom is -0.497 e. The minimum absolute atomic E-state index is 0.0142. The van der Waals surface area contributed by atoms with Crippen molar-refractivity contribution in [1.29, 1.82) is 0 Å². The normalized spacial score (nSPS) is 12.6. The largest absolute Gasteiger partial charge is 0.497 e. The van der Waals surface area contributed by atoms with Crippen molar-refractivity contribution in [3.63, 3.8) is 0 Å². The zero-order chi connectivity index (χ0) is 20.0. The molecule has 0 saturated heterocycles. The summed E-state index contributed by atoms with van der Waals surface area (Å²) in [7, 11) is -2.44. The average Bonchev–Trinajstić information content (AvgIpc) is 2.65. The van der Waals surface area contributed by atoms with Gasteiger partial charge in [-0.25, -0.2) is 12.8 Å². The molecule has 0 aliphatic carbocycles. The smallest absolute Gasteiger partial charge is 0.324 e. The van der Waals surface area contributed by atoms with Crippen molar-refractivity contribution in [2.24, 2.45) is 5.92 Å². The molecule has 0 spiro atoms. The van der Waals surface area contributed by atoms with Crippen molar-refractivity contribution in [2.75, 3.05) is 7.11 Å². The van der Waals surface area contributed by atoms with E-state index in [2.05, 4.69) is 4.72 Å². The molecule has 0 bridgehead atoms. The Kier molecular flexibility index (Phi) is 6.92. The number of carbonyl (C=O) groups excluding carboxylic acids is 1. The Balaban J connectivity index is 2.08. The van der Waals surface area contributed by atoms with Gasteiger partial charge >= 0.3 is 5.97 Å². The maximum absolute atomic E-state index is 12.9. The highest BCUT2D eigenvalue weighted by Gasteiger charge is 2.29. The number of halogens is 1. The second-order valence-corrected chi connectivity index (χ2v) is 7.97. The molecule has 0 aromatic heterocycles. The molecule has 0 aliphatic heterocycles. The fourth-order valence-corrected chi connectivity index (χ4v) is 3.60. The zero-order valence-electron chi connectivity index (χ0n) is 15.3. The number of rotatable bonds is 8. The SMILES string of the molecule is COc1ccc(S(=O)(=O)N[C@H](C(=O)OCc2ccc(F)cc2)C(C)C)cc1. The molecule has 8 heteroatoms. The van der Waals surface area contributed by atoms with E-state index in [0.717, 1.165) is 0 Å². The molecule has 1 atom stereocenters. The number of carbonyl (C=O) groups is 1. The molecule has 27 heavy (non-hydrogen) atoms. The van der Waals surface area contributed by atoms with Gasteiger partial charge in [-0.15, -0.1) is 0 Å². The number of hydrogen-bond donors (Lipinski definition) is 1. The number of sulfonamides is 1. The maximum Gasteiger partial charge on any atom is 0.324 e. The predicted molar refractivity (Wildman–Crippen MR) is 98.1 cm³/mol. The van der Waals surface area contributed by atoms with Crippen LogP contribution >= 0.6 is 0 Å². The van der Waals surface area contributed by atoms with E-state index in [1.807, 2.05) is 0 Å². The van der Waals surface area contributed by atoms with Gasteiger partial charge in [0.2, 0.25) is 10.0 Å². The van der Waals surface area contributed by atoms with Crippen LogP contribution in [0, 0.1) is 11.7 Å². The van der Waals surface area contributed by atoms with Crippen molar-refractivity contribution in [3.8, 4) is 5.75 Å². The first-order valence-electron chi connectivity index (χ1n) is 8.30. The molecule has 2 rings (SSSR count). The molecule has 0 saturated carbocycles. The summed E-state index contributed by atoms with van der Waals surface area (Å²) in [4.78, 5) is 12.4. The summed E-state index contributed by atoms with van der Waals surface area (Å²) >= 11 is 0. The van der Waals surface area contributed by atoms with Crippen LogP contribution in [-0.4, -0.2) is 27.5 Å². The van der Waals surface area contributed by atoms with Gasteiger partial charge in [0, 0.05) is 0 Å². The Bertz CT molecular complexity index is 864. The summed E-state index contributed by atoms with van der Waals surface area (Å²) in [6.07, 6.45) is 0. The summed E-state index contributed by atoms with van der Waals surface area (Å²) in [5.41, 5.74) is 0.602. The van der Waals surface area contributed by atoms with E-state index in [9.17, 15) is 17.6 Å². The van der Waals surface area contributed by atoms with Gasteiger partial charge in [-0.3, -0.25) is 4.79 Å². The summed E-state index contributed by atoms with van der Waals surface area (Å²) < 4.78 is 50.6. The molecule has 1 N–H and O–H groups in total. The predicted octanol–water partition coefficient (Wildman–Crippen LogP) is 2.88. The zero-order valence-corrected chi connectivity index (χ0v) is 16.1. The monoisotopic (exact) mass is 395 g/mol. The van der Waals surface area contributed by atoms with Crippen LogP contribution in [0.15, 0.2) is 53.4 Å². The number of methoxy groups -OCH3 is 1. The molecule has 0 amide bonds. The molecule has 146 valence electrons. The summed E-state index contributed by atoms with van der Waals surface area (Å²) in [6, 6.07) is 10.3. The fourth-order valence-electron chi connectivity index (χ4n) is 2.27. The van der Waals surface area contributed by atoms with E-state index in [1.54, 1.807) is 13.8 Å². The molecular weight excluding hydrogens is 373 g/mol. The first kappa shape index (κ1) is 20.9. The van der Waals surface area contributed by atoms with Gasteiger partial charge in [-0.2, -0.15) is 4.72 Å². The maximum atomic E-state index is 12.9. The van der Waals surface area contributed by atoms with E-state index >= 15 is 0 Å². The Morgan fingerprint density at radius 2 is 1.67 bits per heavy atom. The lowest BCUT2D eigenvalue weighted by molar-refractivity contribution is -0.148. The van der Waals surface area contributed by atoms with Crippen LogP contribution < -0.4 is 9.46 Å². The average molecular weight is 395 g/mol. The number of benzene rings is 2. The summed E-state index contributed by atoms with van der Waals surface area (Å²) in [6.45, 7) is 3.34. The standard InChI is InChI=1S/C19H22FNO5S/c1-13(2)18(19(22)26-12-14-4-6-15(20)7-5-14)21-27(23,24)17-10-8-16(25-3)9-11-17/h4-11,13,18,21H,12H2,1-3H3/t18-/m0/s1. The second kappa shape index (κ2) is 8.96. The Morgan fingerprint density at radius 1 is 1.07 bits per heavy atom. The van der Waals surface area contributed by atoms with E-state index in [1.165, 1.54) is 55.6 Å². The van der Waals surface area contributed by atoms with Crippen LogP contribution in [0.5, 0.6) is 5.75 Å². The number of esters is 1.